The van der Waals surface area contributed by atoms with Crippen LogP contribution in [0.25, 0.3) is 0 Å². The van der Waals surface area contributed by atoms with Crippen molar-refractivity contribution in [2.24, 2.45) is 5.73 Å². The van der Waals surface area contributed by atoms with Crippen LogP contribution in [-0.2, 0) is 6.42 Å². The minimum atomic E-state index is -0.185. The average molecular weight is 302 g/mol. The Hall–Kier alpha value is -0.740. The van der Waals surface area contributed by atoms with E-state index in [1.807, 2.05) is 23.6 Å². The lowest BCUT2D eigenvalue weighted by Gasteiger charge is -2.15. The Morgan fingerprint density at radius 1 is 1.33 bits per heavy atom. The Balaban J connectivity index is 2.25. The zero-order chi connectivity index (χ0) is 13.1. The lowest BCUT2D eigenvalue weighted by atomic mass is 10.0. The van der Waals surface area contributed by atoms with E-state index in [0.29, 0.717) is 11.4 Å². The van der Waals surface area contributed by atoms with Gasteiger partial charge in [-0.15, -0.1) is 11.3 Å². The molecule has 96 valence electrons. The van der Waals surface area contributed by atoms with Crippen LogP contribution >= 0.6 is 34.5 Å². The monoisotopic (exact) mass is 301 g/mol. The molecule has 0 aliphatic carbocycles. The number of thiophene rings is 1. The Morgan fingerprint density at radius 3 is 2.72 bits per heavy atom. The summed E-state index contributed by atoms with van der Waals surface area (Å²) in [6.45, 7) is 0. The summed E-state index contributed by atoms with van der Waals surface area (Å²) in [5.41, 5.74) is 7.11. The molecule has 5 heteroatoms. The fourth-order valence-corrected chi connectivity index (χ4v) is 3.13. The second-order valence-electron chi connectivity index (χ2n) is 3.89. The van der Waals surface area contributed by atoms with Crippen LogP contribution in [0.1, 0.15) is 16.5 Å². The van der Waals surface area contributed by atoms with Gasteiger partial charge < -0.3 is 10.5 Å². The molecule has 0 aliphatic heterocycles. The lowest BCUT2D eigenvalue weighted by molar-refractivity contribution is 0.405. The van der Waals surface area contributed by atoms with E-state index in [-0.39, 0.29) is 6.04 Å². The zero-order valence-electron chi connectivity index (χ0n) is 9.82. The van der Waals surface area contributed by atoms with E-state index in [4.69, 9.17) is 33.7 Å². The predicted molar refractivity (Wildman–Crippen MR) is 78.0 cm³/mol. The molecule has 0 saturated carbocycles. The van der Waals surface area contributed by atoms with E-state index >= 15 is 0 Å². The topological polar surface area (TPSA) is 35.2 Å². The molecule has 2 N–H and O–H groups in total. The van der Waals surface area contributed by atoms with Crippen LogP contribution in [0.5, 0.6) is 5.75 Å². The van der Waals surface area contributed by atoms with Gasteiger partial charge >= 0.3 is 0 Å². The number of hydrogen-bond donors (Lipinski definition) is 1. The van der Waals surface area contributed by atoms with Gasteiger partial charge in [0.15, 0.2) is 0 Å². The molecule has 1 aromatic heterocycles. The zero-order valence-corrected chi connectivity index (χ0v) is 12.1. The second-order valence-corrected chi connectivity index (χ2v) is 5.73. The van der Waals surface area contributed by atoms with E-state index in [2.05, 4.69) is 0 Å². The molecule has 0 amide bonds. The molecule has 1 atom stereocenters. The van der Waals surface area contributed by atoms with E-state index in [1.54, 1.807) is 24.5 Å². The highest BCUT2D eigenvalue weighted by molar-refractivity contribution is 7.10. The summed E-state index contributed by atoms with van der Waals surface area (Å²) in [5.74, 6) is 0.750. The van der Waals surface area contributed by atoms with Gasteiger partial charge in [-0.25, -0.2) is 0 Å². The van der Waals surface area contributed by atoms with Gasteiger partial charge in [0.2, 0.25) is 0 Å². The Morgan fingerprint density at radius 2 is 2.11 bits per heavy atom. The summed E-state index contributed by atoms with van der Waals surface area (Å²) in [6, 6.07) is 7.15. The highest BCUT2D eigenvalue weighted by Crippen LogP contribution is 2.32. The second kappa shape index (κ2) is 5.93. The van der Waals surface area contributed by atoms with Gasteiger partial charge in [0, 0.05) is 27.9 Å². The molecule has 2 nitrogen and oxygen atoms in total. The molecule has 0 radical (unpaired) electrons. The molecule has 0 fully saturated rings. The highest BCUT2D eigenvalue weighted by atomic mass is 35.5. The van der Waals surface area contributed by atoms with Crippen LogP contribution in [0.3, 0.4) is 0 Å². The molecule has 0 saturated heterocycles. The van der Waals surface area contributed by atoms with Crippen molar-refractivity contribution >= 4 is 34.5 Å². The molecule has 2 rings (SSSR count). The number of rotatable bonds is 4. The number of benzene rings is 1. The highest BCUT2D eigenvalue weighted by Gasteiger charge is 2.15. The fourth-order valence-electron chi connectivity index (χ4n) is 1.78. The normalized spacial score (nSPS) is 12.4. The molecule has 1 unspecified atom stereocenters. The third kappa shape index (κ3) is 2.98. The maximum Gasteiger partial charge on any atom is 0.123 e. The fraction of sp³-hybridized carbons (Fsp3) is 0.231. The average Bonchev–Trinajstić information content (AvgIpc) is 2.75. The summed E-state index contributed by atoms with van der Waals surface area (Å²) in [4.78, 5) is 1.08. The standard InChI is InChI=1S/C13H13Cl2NOS/c1-17-12-3-2-8(14)6-9(12)11(16)7-13-10(15)4-5-18-13/h2-6,11H,7,16H2,1H3. The first-order valence-corrected chi connectivity index (χ1v) is 7.06. The maximum atomic E-state index is 6.21. The number of methoxy groups -OCH3 is 1. The van der Waals surface area contributed by atoms with E-state index < -0.39 is 0 Å². The predicted octanol–water partition coefficient (Wildman–Crippen LogP) is 4.31. The Kier molecular flexibility index (Phi) is 4.51. The lowest BCUT2D eigenvalue weighted by Crippen LogP contribution is -2.14. The SMILES string of the molecule is COc1ccc(Cl)cc1C(N)Cc1sccc1Cl. The first-order chi connectivity index (χ1) is 8.61. The van der Waals surface area contributed by atoms with Gasteiger partial charge in [0.05, 0.1) is 12.1 Å². The number of ether oxygens (including phenoxy) is 1. The van der Waals surface area contributed by atoms with Crippen molar-refractivity contribution in [3.8, 4) is 5.75 Å². The van der Waals surface area contributed by atoms with Crippen LogP contribution in [-0.4, -0.2) is 7.11 Å². The molecular formula is C13H13Cl2NOS. The number of hydrogen-bond acceptors (Lipinski definition) is 3. The molecule has 2 aromatic rings. The molecule has 1 aromatic carbocycles. The van der Waals surface area contributed by atoms with Crippen LogP contribution < -0.4 is 10.5 Å². The van der Waals surface area contributed by atoms with Gasteiger partial charge in [0.1, 0.15) is 5.75 Å². The maximum absolute atomic E-state index is 6.21. The van der Waals surface area contributed by atoms with Crippen molar-refractivity contribution in [3.63, 3.8) is 0 Å². The van der Waals surface area contributed by atoms with Gasteiger partial charge in [-0.2, -0.15) is 0 Å². The molecule has 0 bridgehead atoms. The van der Waals surface area contributed by atoms with Gasteiger partial charge in [-0.3, -0.25) is 0 Å². The Labute approximate surface area is 120 Å². The van der Waals surface area contributed by atoms with Crippen LogP contribution in [0.15, 0.2) is 29.6 Å². The minimum absolute atomic E-state index is 0.185. The smallest absolute Gasteiger partial charge is 0.123 e. The van der Waals surface area contributed by atoms with Crippen molar-refractivity contribution in [2.45, 2.75) is 12.5 Å². The third-order valence-electron chi connectivity index (χ3n) is 2.69. The van der Waals surface area contributed by atoms with Crippen molar-refractivity contribution in [1.82, 2.24) is 0 Å². The van der Waals surface area contributed by atoms with Crippen molar-refractivity contribution < 1.29 is 4.74 Å². The van der Waals surface area contributed by atoms with E-state index in [1.165, 1.54) is 0 Å². The van der Waals surface area contributed by atoms with E-state index in [0.717, 1.165) is 21.2 Å². The molecular weight excluding hydrogens is 289 g/mol. The summed E-state index contributed by atoms with van der Waals surface area (Å²) >= 11 is 13.7. The molecule has 0 spiro atoms. The molecule has 1 heterocycles. The summed E-state index contributed by atoms with van der Waals surface area (Å²) in [5, 5.41) is 3.37. The first-order valence-electron chi connectivity index (χ1n) is 5.42. The number of nitrogens with two attached hydrogens (primary N) is 1. The molecule has 18 heavy (non-hydrogen) atoms. The van der Waals surface area contributed by atoms with Crippen LogP contribution in [0.2, 0.25) is 10.0 Å². The van der Waals surface area contributed by atoms with Crippen molar-refractivity contribution in [1.29, 1.82) is 0 Å². The summed E-state index contributed by atoms with van der Waals surface area (Å²) in [6.07, 6.45) is 0.674. The largest absolute Gasteiger partial charge is 0.496 e. The minimum Gasteiger partial charge on any atom is -0.496 e. The summed E-state index contributed by atoms with van der Waals surface area (Å²) < 4.78 is 5.30. The van der Waals surface area contributed by atoms with Gasteiger partial charge in [0.25, 0.3) is 0 Å². The van der Waals surface area contributed by atoms with Gasteiger partial charge in [-0.05, 0) is 29.6 Å². The Bertz CT molecular complexity index is 542. The first kappa shape index (κ1) is 13.7. The van der Waals surface area contributed by atoms with E-state index in [9.17, 15) is 0 Å². The quantitative estimate of drug-likeness (QED) is 0.913. The number of halogens is 2. The van der Waals surface area contributed by atoms with Crippen LogP contribution in [0.4, 0.5) is 0 Å². The molecule has 0 aliphatic rings. The van der Waals surface area contributed by atoms with Crippen molar-refractivity contribution in [2.75, 3.05) is 7.11 Å². The van der Waals surface area contributed by atoms with Crippen LogP contribution in [0, 0.1) is 0 Å². The van der Waals surface area contributed by atoms with Crippen molar-refractivity contribution in [3.05, 3.63) is 50.1 Å². The summed E-state index contributed by atoms with van der Waals surface area (Å²) in [7, 11) is 1.62. The third-order valence-corrected chi connectivity index (χ3v) is 4.33. The van der Waals surface area contributed by atoms with Gasteiger partial charge in [-0.1, -0.05) is 23.2 Å².